The Morgan fingerprint density at radius 2 is 2.12 bits per heavy atom. The first-order valence-corrected chi connectivity index (χ1v) is 9.47. The second-order valence-electron chi connectivity index (χ2n) is 8.01. The first-order chi connectivity index (χ1) is 12.1. The molecule has 2 fully saturated rings. The van der Waals surface area contributed by atoms with E-state index in [0.29, 0.717) is 11.5 Å². The number of aromatic nitrogens is 1. The summed E-state index contributed by atoms with van der Waals surface area (Å²) in [5.74, 6) is 0. The van der Waals surface area contributed by atoms with Gasteiger partial charge in [-0.25, -0.2) is 0 Å². The standard InChI is InChI=1S/C21H28N2O2/c1-15-6-7-16-12-17(20(24)22-18(16)11-15)13-23-10-4-9-21(14-23)8-3-5-19(21)25-2/h6-7,11-12,19H,3-5,8-10,13-14H2,1-2H3,(H,22,24)/t19-,21-/m1/s1. The maximum absolute atomic E-state index is 12.5. The van der Waals surface area contributed by atoms with Crippen LogP contribution in [0.5, 0.6) is 0 Å². The molecule has 1 spiro atoms. The van der Waals surface area contributed by atoms with Crippen LogP contribution in [0.2, 0.25) is 0 Å². The second-order valence-corrected chi connectivity index (χ2v) is 8.01. The largest absolute Gasteiger partial charge is 0.381 e. The third kappa shape index (κ3) is 3.13. The number of hydrogen-bond donors (Lipinski definition) is 1. The number of nitrogens with one attached hydrogen (secondary N) is 1. The molecule has 4 nitrogen and oxygen atoms in total. The van der Waals surface area contributed by atoms with Gasteiger partial charge in [0.25, 0.3) is 5.56 Å². The van der Waals surface area contributed by atoms with Crippen LogP contribution in [-0.2, 0) is 11.3 Å². The molecule has 0 bridgehead atoms. The van der Waals surface area contributed by atoms with Crippen LogP contribution in [0.3, 0.4) is 0 Å². The Balaban J connectivity index is 1.57. The number of aromatic amines is 1. The van der Waals surface area contributed by atoms with E-state index >= 15 is 0 Å². The van der Waals surface area contributed by atoms with Crippen molar-refractivity contribution in [1.82, 2.24) is 9.88 Å². The van der Waals surface area contributed by atoms with E-state index < -0.39 is 0 Å². The molecule has 1 N–H and O–H groups in total. The summed E-state index contributed by atoms with van der Waals surface area (Å²) in [6.07, 6.45) is 6.55. The highest BCUT2D eigenvalue weighted by Gasteiger charge is 2.45. The average molecular weight is 340 g/mol. The van der Waals surface area contributed by atoms with Crippen LogP contribution in [0.4, 0.5) is 0 Å². The maximum Gasteiger partial charge on any atom is 0.252 e. The summed E-state index contributed by atoms with van der Waals surface area (Å²) in [5.41, 5.74) is 3.32. The van der Waals surface area contributed by atoms with E-state index in [1.165, 1.54) is 37.7 Å². The molecule has 1 aliphatic heterocycles. The lowest BCUT2D eigenvalue weighted by atomic mass is 9.76. The molecule has 134 valence electrons. The molecule has 0 amide bonds. The van der Waals surface area contributed by atoms with E-state index in [1.807, 2.05) is 20.1 Å². The van der Waals surface area contributed by atoms with Crippen molar-refractivity contribution >= 4 is 10.9 Å². The van der Waals surface area contributed by atoms with Crippen molar-refractivity contribution in [3.05, 3.63) is 45.7 Å². The normalized spacial score (nSPS) is 27.4. The Morgan fingerprint density at radius 3 is 2.96 bits per heavy atom. The van der Waals surface area contributed by atoms with E-state index in [-0.39, 0.29) is 5.56 Å². The van der Waals surface area contributed by atoms with Crippen LogP contribution < -0.4 is 5.56 Å². The third-order valence-corrected chi connectivity index (χ3v) is 6.27. The van der Waals surface area contributed by atoms with Crippen molar-refractivity contribution in [1.29, 1.82) is 0 Å². The van der Waals surface area contributed by atoms with E-state index in [9.17, 15) is 4.79 Å². The first-order valence-electron chi connectivity index (χ1n) is 9.47. The zero-order chi connectivity index (χ0) is 17.4. The smallest absolute Gasteiger partial charge is 0.252 e. The van der Waals surface area contributed by atoms with Gasteiger partial charge >= 0.3 is 0 Å². The Kier molecular flexibility index (Phi) is 4.42. The molecular formula is C21H28N2O2. The quantitative estimate of drug-likeness (QED) is 0.928. The third-order valence-electron chi connectivity index (χ3n) is 6.27. The Hall–Kier alpha value is -1.65. The van der Waals surface area contributed by atoms with Crippen LogP contribution >= 0.6 is 0 Å². The summed E-state index contributed by atoms with van der Waals surface area (Å²) in [7, 11) is 1.85. The van der Waals surface area contributed by atoms with Gasteiger partial charge < -0.3 is 9.72 Å². The van der Waals surface area contributed by atoms with Crippen molar-refractivity contribution in [2.75, 3.05) is 20.2 Å². The lowest BCUT2D eigenvalue weighted by molar-refractivity contribution is -0.0367. The van der Waals surface area contributed by atoms with Crippen molar-refractivity contribution in [3.63, 3.8) is 0 Å². The molecule has 0 unspecified atom stereocenters. The molecule has 4 heteroatoms. The van der Waals surface area contributed by atoms with Gasteiger partial charge in [0.15, 0.2) is 0 Å². The summed E-state index contributed by atoms with van der Waals surface area (Å²) >= 11 is 0. The van der Waals surface area contributed by atoms with Crippen molar-refractivity contribution in [3.8, 4) is 0 Å². The summed E-state index contributed by atoms with van der Waals surface area (Å²) in [5, 5.41) is 1.11. The molecule has 1 aliphatic carbocycles. The number of fused-ring (bicyclic) bond motifs is 1. The number of H-pyrrole nitrogens is 1. The number of pyridine rings is 1. The molecule has 1 saturated carbocycles. The molecule has 4 rings (SSSR count). The fraction of sp³-hybridized carbons (Fsp3) is 0.571. The lowest BCUT2D eigenvalue weighted by Crippen LogP contribution is -2.47. The van der Waals surface area contributed by atoms with Gasteiger partial charge in [-0.1, -0.05) is 18.6 Å². The van der Waals surface area contributed by atoms with Crippen LogP contribution in [0.15, 0.2) is 29.1 Å². The highest BCUT2D eigenvalue weighted by Crippen LogP contribution is 2.46. The SMILES string of the molecule is CO[C@@H]1CCC[C@]12CCCN(Cc1cc3ccc(C)cc3[nH]c1=O)C2. The van der Waals surface area contributed by atoms with Gasteiger partial charge in [0.1, 0.15) is 0 Å². The minimum atomic E-state index is 0.0486. The van der Waals surface area contributed by atoms with E-state index in [1.54, 1.807) is 0 Å². The molecular weight excluding hydrogens is 312 g/mol. The predicted molar refractivity (Wildman–Crippen MR) is 101 cm³/mol. The minimum absolute atomic E-state index is 0.0486. The van der Waals surface area contributed by atoms with E-state index in [2.05, 4.69) is 28.1 Å². The van der Waals surface area contributed by atoms with Gasteiger partial charge in [-0.05, 0) is 62.2 Å². The van der Waals surface area contributed by atoms with Crippen LogP contribution in [0.25, 0.3) is 10.9 Å². The van der Waals surface area contributed by atoms with Gasteiger partial charge in [0.05, 0.1) is 6.10 Å². The summed E-state index contributed by atoms with van der Waals surface area (Å²) in [4.78, 5) is 18.1. The van der Waals surface area contributed by atoms with Gasteiger partial charge in [0.2, 0.25) is 0 Å². The Bertz CT molecular complexity index is 828. The van der Waals surface area contributed by atoms with Crippen LogP contribution in [0, 0.1) is 12.3 Å². The molecule has 1 aromatic carbocycles. The number of likely N-dealkylation sites (tertiary alicyclic amines) is 1. The van der Waals surface area contributed by atoms with Gasteiger partial charge in [-0.2, -0.15) is 0 Å². The number of methoxy groups -OCH3 is 1. The van der Waals surface area contributed by atoms with E-state index in [4.69, 9.17) is 4.74 Å². The Morgan fingerprint density at radius 1 is 1.28 bits per heavy atom. The number of ether oxygens (including phenoxy) is 1. The molecule has 2 aromatic rings. The van der Waals surface area contributed by atoms with Crippen LogP contribution in [0.1, 0.15) is 43.2 Å². The summed E-state index contributed by atoms with van der Waals surface area (Å²) in [6, 6.07) is 8.30. The molecule has 0 radical (unpaired) electrons. The summed E-state index contributed by atoms with van der Waals surface area (Å²) in [6.45, 7) is 4.91. The molecule has 25 heavy (non-hydrogen) atoms. The Labute approximate surface area is 149 Å². The number of piperidine rings is 1. The number of nitrogens with zero attached hydrogens (tertiary/aromatic N) is 1. The molecule has 1 saturated heterocycles. The molecule has 2 aliphatic rings. The zero-order valence-electron chi connectivity index (χ0n) is 15.3. The predicted octanol–water partition coefficient (Wildman–Crippen LogP) is 3.62. The fourth-order valence-corrected chi connectivity index (χ4v) is 5.05. The lowest BCUT2D eigenvalue weighted by Gasteiger charge is -2.43. The average Bonchev–Trinajstić information content (AvgIpc) is 2.97. The monoisotopic (exact) mass is 340 g/mol. The van der Waals surface area contributed by atoms with Crippen LogP contribution in [-0.4, -0.2) is 36.2 Å². The maximum atomic E-state index is 12.5. The first kappa shape index (κ1) is 16.8. The van der Waals surface area contributed by atoms with E-state index in [0.717, 1.165) is 36.1 Å². The number of aryl methyl sites for hydroxylation is 1. The van der Waals surface area contributed by atoms with Gasteiger partial charge in [0, 0.05) is 36.7 Å². The van der Waals surface area contributed by atoms with Crippen molar-refractivity contribution in [2.45, 2.75) is 51.7 Å². The highest BCUT2D eigenvalue weighted by molar-refractivity contribution is 5.79. The minimum Gasteiger partial charge on any atom is -0.381 e. The van der Waals surface area contributed by atoms with Gasteiger partial charge in [-0.3, -0.25) is 9.69 Å². The number of benzene rings is 1. The highest BCUT2D eigenvalue weighted by atomic mass is 16.5. The number of hydrogen-bond acceptors (Lipinski definition) is 3. The molecule has 2 atom stereocenters. The summed E-state index contributed by atoms with van der Waals surface area (Å²) < 4.78 is 5.80. The number of rotatable bonds is 3. The second kappa shape index (κ2) is 6.58. The molecule has 2 heterocycles. The van der Waals surface area contributed by atoms with Gasteiger partial charge in [-0.15, -0.1) is 0 Å². The van der Waals surface area contributed by atoms with Crippen molar-refractivity contribution < 1.29 is 4.74 Å². The topological polar surface area (TPSA) is 45.3 Å². The molecule has 1 aromatic heterocycles. The van der Waals surface area contributed by atoms with Crippen molar-refractivity contribution in [2.24, 2.45) is 5.41 Å². The zero-order valence-corrected chi connectivity index (χ0v) is 15.3. The fourth-order valence-electron chi connectivity index (χ4n) is 5.05.